The molecule has 0 saturated carbocycles. The van der Waals surface area contributed by atoms with Gasteiger partial charge in [0.15, 0.2) is 0 Å². The Balaban J connectivity index is 2.23. The summed E-state index contributed by atoms with van der Waals surface area (Å²) in [6, 6.07) is 1.25. The topological polar surface area (TPSA) is 81.0 Å². The van der Waals surface area contributed by atoms with Gasteiger partial charge in [-0.2, -0.15) is 0 Å². The van der Waals surface area contributed by atoms with Crippen molar-refractivity contribution in [2.24, 2.45) is 0 Å². The lowest BCUT2D eigenvalue weighted by atomic mass is 10.3. The Labute approximate surface area is 100 Å². The zero-order valence-corrected chi connectivity index (χ0v) is 10.4. The molecular formula is C11H20N4O2. The minimum atomic E-state index is -0.293. The van der Waals surface area contributed by atoms with Crippen molar-refractivity contribution in [1.82, 2.24) is 20.4 Å². The molecule has 0 aliphatic carbocycles. The summed E-state index contributed by atoms with van der Waals surface area (Å²) < 4.78 is 0. The largest absolute Gasteiger partial charge is 0.351 e. The van der Waals surface area contributed by atoms with Gasteiger partial charge in [-0.25, -0.2) is 0 Å². The van der Waals surface area contributed by atoms with E-state index in [4.69, 9.17) is 0 Å². The summed E-state index contributed by atoms with van der Waals surface area (Å²) in [6.07, 6.45) is 0.905. The predicted octanol–water partition coefficient (Wildman–Crippen LogP) is 0.165. The molecular weight excluding hydrogens is 220 g/mol. The first-order chi connectivity index (χ1) is 8.17. The number of carbonyl (C=O) groups excluding carboxylic acids is 1. The maximum atomic E-state index is 11.5. The number of nitrogens with one attached hydrogen (secondary N) is 3. The average Bonchev–Trinajstić information content (AvgIpc) is 2.76. The lowest BCUT2D eigenvalue weighted by molar-refractivity contribution is 0.0947. The number of H-pyrrole nitrogens is 2. The fourth-order valence-corrected chi connectivity index (χ4v) is 1.59. The molecule has 96 valence electrons. The molecule has 1 aromatic heterocycles. The van der Waals surface area contributed by atoms with Crippen LogP contribution < -0.4 is 10.9 Å². The Hall–Kier alpha value is -1.56. The quantitative estimate of drug-likeness (QED) is 0.594. The Morgan fingerprint density at radius 1 is 1.35 bits per heavy atom. The number of amides is 1. The number of hydrogen-bond donors (Lipinski definition) is 3. The molecule has 0 atom stereocenters. The lowest BCUT2D eigenvalue weighted by Crippen LogP contribution is -2.30. The van der Waals surface area contributed by atoms with Gasteiger partial charge in [-0.05, 0) is 26.1 Å². The van der Waals surface area contributed by atoms with Crippen molar-refractivity contribution >= 4 is 5.91 Å². The monoisotopic (exact) mass is 240 g/mol. The molecule has 0 spiro atoms. The van der Waals surface area contributed by atoms with Crippen LogP contribution in [0.25, 0.3) is 0 Å². The summed E-state index contributed by atoms with van der Waals surface area (Å²) in [5.41, 5.74) is -0.0175. The molecule has 6 heteroatoms. The summed E-state index contributed by atoms with van der Waals surface area (Å²) >= 11 is 0. The van der Waals surface area contributed by atoms with Gasteiger partial charge in [-0.1, -0.05) is 13.8 Å². The first kappa shape index (κ1) is 13.5. The number of aromatic amines is 2. The molecule has 3 N–H and O–H groups in total. The summed E-state index contributed by atoms with van der Waals surface area (Å²) in [7, 11) is 0. The van der Waals surface area contributed by atoms with Crippen molar-refractivity contribution in [3.05, 3.63) is 22.1 Å². The van der Waals surface area contributed by atoms with Crippen LogP contribution in [0.2, 0.25) is 0 Å². The molecule has 0 radical (unpaired) electrons. The van der Waals surface area contributed by atoms with Gasteiger partial charge >= 0.3 is 0 Å². The average molecular weight is 240 g/mol. The van der Waals surface area contributed by atoms with E-state index in [1.165, 1.54) is 6.07 Å². The normalized spacial score (nSPS) is 10.8. The molecule has 0 aliphatic heterocycles. The third-order valence-electron chi connectivity index (χ3n) is 2.67. The van der Waals surface area contributed by atoms with E-state index in [0.29, 0.717) is 6.54 Å². The van der Waals surface area contributed by atoms with Crippen LogP contribution in [0.4, 0.5) is 0 Å². The summed E-state index contributed by atoms with van der Waals surface area (Å²) in [5.74, 6) is -0.247. The zero-order chi connectivity index (χ0) is 12.7. The van der Waals surface area contributed by atoms with Crippen molar-refractivity contribution in [3.63, 3.8) is 0 Å². The van der Waals surface area contributed by atoms with Crippen LogP contribution in [-0.2, 0) is 0 Å². The molecule has 0 unspecified atom stereocenters. The van der Waals surface area contributed by atoms with E-state index in [1.54, 1.807) is 0 Å². The van der Waals surface area contributed by atoms with Gasteiger partial charge in [0.05, 0.1) is 0 Å². The molecule has 17 heavy (non-hydrogen) atoms. The van der Waals surface area contributed by atoms with Crippen LogP contribution in [0.1, 0.15) is 30.8 Å². The number of aromatic nitrogens is 2. The standard InChI is InChI=1S/C11H20N4O2/c1-3-15(4-2)7-5-6-12-11(17)9-8-10(16)14-13-9/h8H,3-7H2,1-2H3,(H,12,17)(H2,13,14,16). The Morgan fingerprint density at radius 2 is 2.06 bits per heavy atom. The molecule has 0 aromatic carbocycles. The fourth-order valence-electron chi connectivity index (χ4n) is 1.59. The minimum Gasteiger partial charge on any atom is -0.351 e. The highest BCUT2D eigenvalue weighted by Crippen LogP contribution is 1.91. The van der Waals surface area contributed by atoms with E-state index in [0.717, 1.165) is 26.1 Å². The third-order valence-corrected chi connectivity index (χ3v) is 2.67. The van der Waals surface area contributed by atoms with Crippen molar-refractivity contribution in [2.45, 2.75) is 20.3 Å². The Bertz CT molecular complexity index is 392. The summed E-state index contributed by atoms with van der Waals surface area (Å²) in [4.78, 5) is 24.6. The van der Waals surface area contributed by atoms with E-state index < -0.39 is 0 Å². The van der Waals surface area contributed by atoms with Gasteiger partial charge < -0.3 is 10.2 Å². The highest BCUT2D eigenvalue weighted by Gasteiger charge is 2.07. The minimum absolute atomic E-state index is 0.247. The summed E-state index contributed by atoms with van der Waals surface area (Å²) in [6.45, 7) is 7.86. The second kappa shape index (κ2) is 6.90. The second-order valence-corrected chi connectivity index (χ2v) is 3.81. The van der Waals surface area contributed by atoms with Gasteiger partial charge in [0.25, 0.3) is 11.5 Å². The van der Waals surface area contributed by atoms with Crippen LogP contribution in [0.3, 0.4) is 0 Å². The summed E-state index contributed by atoms with van der Waals surface area (Å²) in [5, 5.41) is 7.60. The van der Waals surface area contributed by atoms with E-state index in [9.17, 15) is 9.59 Å². The van der Waals surface area contributed by atoms with E-state index in [1.807, 2.05) is 0 Å². The van der Waals surface area contributed by atoms with E-state index in [2.05, 4.69) is 34.3 Å². The van der Waals surface area contributed by atoms with Crippen molar-refractivity contribution in [1.29, 1.82) is 0 Å². The van der Waals surface area contributed by atoms with Crippen molar-refractivity contribution in [3.8, 4) is 0 Å². The van der Waals surface area contributed by atoms with E-state index >= 15 is 0 Å². The molecule has 0 aliphatic rings. The van der Waals surface area contributed by atoms with Gasteiger partial charge in [0.1, 0.15) is 5.69 Å². The second-order valence-electron chi connectivity index (χ2n) is 3.81. The SMILES string of the molecule is CCN(CC)CCCNC(=O)c1cc(=O)[nH][nH]1. The van der Waals surface area contributed by atoms with Gasteiger partial charge in [-0.3, -0.25) is 19.8 Å². The third kappa shape index (κ3) is 4.44. The maximum Gasteiger partial charge on any atom is 0.269 e. The van der Waals surface area contributed by atoms with Crippen LogP contribution in [0.5, 0.6) is 0 Å². The van der Waals surface area contributed by atoms with Crippen LogP contribution in [0.15, 0.2) is 10.9 Å². The predicted molar refractivity (Wildman–Crippen MR) is 66.2 cm³/mol. The first-order valence-electron chi connectivity index (χ1n) is 5.95. The van der Waals surface area contributed by atoms with Crippen molar-refractivity contribution in [2.75, 3.05) is 26.2 Å². The van der Waals surface area contributed by atoms with Gasteiger partial charge in [-0.15, -0.1) is 0 Å². The molecule has 1 aromatic rings. The van der Waals surface area contributed by atoms with Crippen molar-refractivity contribution < 1.29 is 4.79 Å². The Morgan fingerprint density at radius 3 is 2.59 bits per heavy atom. The highest BCUT2D eigenvalue weighted by molar-refractivity contribution is 5.91. The maximum absolute atomic E-state index is 11.5. The first-order valence-corrected chi connectivity index (χ1v) is 5.95. The van der Waals surface area contributed by atoms with Crippen LogP contribution >= 0.6 is 0 Å². The molecule has 1 amide bonds. The van der Waals surface area contributed by atoms with Gasteiger partial charge in [0.2, 0.25) is 0 Å². The smallest absolute Gasteiger partial charge is 0.269 e. The highest BCUT2D eigenvalue weighted by atomic mass is 16.2. The van der Waals surface area contributed by atoms with Crippen LogP contribution in [0, 0.1) is 0 Å². The van der Waals surface area contributed by atoms with E-state index in [-0.39, 0.29) is 17.2 Å². The molecule has 0 fully saturated rings. The number of nitrogens with zero attached hydrogens (tertiary/aromatic N) is 1. The molecule has 6 nitrogen and oxygen atoms in total. The molecule has 1 rings (SSSR count). The zero-order valence-electron chi connectivity index (χ0n) is 10.4. The Kier molecular flexibility index (Phi) is 5.48. The molecule has 1 heterocycles. The lowest BCUT2D eigenvalue weighted by Gasteiger charge is -2.17. The van der Waals surface area contributed by atoms with Gasteiger partial charge in [0, 0.05) is 12.6 Å². The molecule has 0 bridgehead atoms. The fraction of sp³-hybridized carbons (Fsp3) is 0.636. The number of rotatable bonds is 7. The van der Waals surface area contributed by atoms with Crippen LogP contribution in [-0.4, -0.2) is 47.2 Å². The number of carbonyl (C=O) groups is 1. The number of hydrogen-bond acceptors (Lipinski definition) is 3. The molecule has 0 saturated heterocycles.